The standard InChI is InChI=1S/C13H12N2O3/c1-15-8-9(6-7-12(15)16)10-4-3-5-11(14-10)13(17)18-2/h3-8H,1-2H3. The minimum absolute atomic E-state index is 0.0946. The van der Waals surface area contributed by atoms with E-state index in [1.807, 2.05) is 0 Å². The molecule has 0 N–H and O–H groups in total. The number of methoxy groups -OCH3 is 1. The number of aryl methyl sites for hydroxylation is 1. The molecule has 0 fully saturated rings. The number of esters is 1. The highest BCUT2D eigenvalue weighted by Crippen LogP contribution is 2.15. The fraction of sp³-hybridized carbons (Fsp3) is 0.154. The van der Waals surface area contributed by atoms with E-state index in [0.29, 0.717) is 5.69 Å². The van der Waals surface area contributed by atoms with E-state index in [4.69, 9.17) is 0 Å². The highest BCUT2D eigenvalue weighted by Gasteiger charge is 2.08. The molecule has 0 unspecified atom stereocenters. The second-order valence-electron chi connectivity index (χ2n) is 3.77. The molecule has 0 amide bonds. The van der Waals surface area contributed by atoms with Gasteiger partial charge in [-0.2, -0.15) is 0 Å². The third-order valence-corrected chi connectivity index (χ3v) is 2.53. The van der Waals surface area contributed by atoms with Crippen LogP contribution in [0.2, 0.25) is 0 Å². The maximum absolute atomic E-state index is 11.4. The number of carbonyl (C=O) groups excluding carboxylic acids is 1. The lowest BCUT2D eigenvalue weighted by Gasteiger charge is -2.04. The Kier molecular flexibility index (Phi) is 3.23. The normalized spacial score (nSPS) is 10.1. The first kappa shape index (κ1) is 12.0. The summed E-state index contributed by atoms with van der Waals surface area (Å²) in [7, 11) is 2.97. The van der Waals surface area contributed by atoms with Crippen molar-refractivity contribution >= 4 is 5.97 Å². The summed E-state index contributed by atoms with van der Waals surface area (Å²) < 4.78 is 6.07. The van der Waals surface area contributed by atoms with Crippen LogP contribution in [-0.4, -0.2) is 22.6 Å². The van der Waals surface area contributed by atoms with Crippen molar-refractivity contribution < 1.29 is 9.53 Å². The first-order valence-electron chi connectivity index (χ1n) is 5.34. The summed E-state index contributed by atoms with van der Waals surface area (Å²) in [5.74, 6) is -0.485. The minimum atomic E-state index is -0.485. The Morgan fingerprint density at radius 2 is 2.06 bits per heavy atom. The number of carbonyl (C=O) groups is 1. The summed E-state index contributed by atoms with van der Waals surface area (Å²) in [6, 6.07) is 8.21. The van der Waals surface area contributed by atoms with E-state index in [1.165, 1.54) is 17.7 Å². The van der Waals surface area contributed by atoms with Crippen LogP contribution < -0.4 is 5.56 Å². The Morgan fingerprint density at radius 1 is 1.28 bits per heavy atom. The van der Waals surface area contributed by atoms with Gasteiger partial charge in [-0.3, -0.25) is 4.79 Å². The fourth-order valence-corrected chi connectivity index (χ4v) is 1.56. The van der Waals surface area contributed by atoms with Gasteiger partial charge < -0.3 is 9.30 Å². The molecule has 0 aliphatic carbocycles. The molecule has 0 saturated carbocycles. The van der Waals surface area contributed by atoms with Crippen molar-refractivity contribution in [2.45, 2.75) is 0 Å². The van der Waals surface area contributed by atoms with Crippen molar-refractivity contribution in [2.75, 3.05) is 7.11 Å². The lowest BCUT2D eigenvalue weighted by molar-refractivity contribution is 0.0594. The van der Waals surface area contributed by atoms with E-state index < -0.39 is 5.97 Å². The summed E-state index contributed by atoms with van der Waals surface area (Å²) >= 11 is 0. The maximum Gasteiger partial charge on any atom is 0.356 e. The van der Waals surface area contributed by atoms with E-state index in [1.54, 1.807) is 37.5 Å². The van der Waals surface area contributed by atoms with Crippen LogP contribution in [-0.2, 0) is 11.8 Å². The molecule has 0 spiro atoms. The zero-order chi connectivity index (χ0) is 13.1. The zero-order valence-corrected chi connectivity index (χ0v) is 10.1. The Balaban J connectivity index is 2.47. The van der Waals surface area contributed by atoms with E-state index >= 15 is 0 Å². The third kappa shape index (κ3) is 2.29. The van der Waals surface area contributed by atoms with Crippen LogP contribution >= 0.6 is 0 Å². The Hall–Kier alpha value is -2.43. The van der Waals surface area contributed by atoms with Crippen molar-refractivity contribution in [3.05, 3.63) is 52.6 Å². The number of aromatic nitrogens is 2. The Labute approximate surface area is 104 Å². The Morgan fingerprint density at radius 3 is 2.72 bits per heavy atom. The van der Waals surface area contributed by atoms with E-state index in [2.05, 4.69) is 9.72 Å². The molecule has 92 valence electrons. The second-order valence-corrected chi connectivity index (χ2v) is 3.77. The van der Waals surface area contributed by atoms with Gasteiger partial charge >= 0.3 is 5.97 Å². The molecule has 0 saturated heterocycles. The quantitative estimate of drug-likeness (QED) is 0.745. The molecule has 0 aliphatic rings. The number of pyridine rings is 2. The van der Waals surface area contributed by atoms with Gasteiger partial charge in [0.05, 0.1) is 12.8 Å². The minimum Gasteiger partial charge on any atom is -0.464 e. The van der Waals surface area contributed by atoms with Gasteiger partial charge in [-0.15, -0.1) is 0 Å². The molecule has 18 heavy (non-hydrogen) atoms. The average molecular weight is 244 g/mol. The van der Waals surface area contributed by atoms with Crippen molar-refractivity contribution in [3.63, 3.8) is 0 Å². The third-order valence-electron chi connectivity index (χ3n) is 2.53. The smallest absolute Gasteiger partial charge is 0.356 e. The summed E-state index contributed by atoms with van der Waals surface area (Å²) in [6.45, 7) is 0. The molecule has 5 nitrogen and oxygen atoms in total. The highest BCUT2D eigenvalue weighted by atomic mass is 16.5. The SMILES string of the molecule is COC(=O)c1cccc(-c2ccc(=O)n(C)c2)n1. The van der Waals surface area contributed by atoms with Crippen molar-refractivity contribution in [2.24, 2.45) is 7.05 Å². The Bertz CT molecular complexity index is 647. The zero-order valence-electron chi connectivity index (χ0n) is 10.1. The molecular formula is C13H12N2O3. The van der Waals surface area contributed by atoms with Crippen LogP contribution in [0.3, 0.4) is 0 Å². The molecule has 0 atom stereocenters. The van der Waals surface area contributed by atoms with E-state index in [-0.39, 0.29) is 11.3 Å². The van der Waals surface area contributed by atoms with Crippen LogP contribution in [0.1, 0.15) is 10.5 Å². The summed E-state index contributed by atoms with van der Waals surface area (Å²) in [5.41, 5.74) is 1.53. The molecule has 0 radical (unpaired) electrons. The van der Waals surface area contributed by atoms with Crippen LogP contribution in [0.15, 0.2) is 41.3 Å². The lowest BCUT2D eigenvalue weighted by atomic mass is 10.2. The van der Waals surface area contributed by atoms with E-state index in [0.717, 1.165) is 5.56 Å². The topological polar surface area (TPSA) is 61.2 Å². The number of rotatable bonds is 2. The summed E-state index contributed by atoms with van der Waals surface area (Å²) in [4.78, 5) is 26.9. The summed E-state index contributed by atoms with van der Waals surface area (Å²) in [6.07, 6.45) is 1.67. The van der Waals surface area contributed by atoms with Crippen LogP contribution in [0.25, 0.3) is 11.3 Å². The number of ether oxygens (including phenoxy) is 1. The van der Waals surface area contributed by atoms with Crippen molar-refractivity contribution in [1.29, 1.82) is 0 Å². The molecule has 0 bridgehead atoms. The van der Waals surface area contributed by atoms with Gasteiger partial charge in [0.1, 0.15) is 5.69 Å². The molecule has 2 aromatic rings. The van der Waals surface area contributed by atoms with Gasteiger partial charge in [0.15, 0.2) is 0 Å². The number of nitrogens with zero attached hydrogens (tertiary/aromatic N) is 2. The number of hydrogen-bond acceptors (Lipinski definition) is 4. The van der Waals surface area contributed by atoms with Gasteiger partial charge in [0.2, 0.25) is 5.56 Å². The van der Waals surface area contributed by atoms with Gasteiger partial charge in [-0.25, -0.2) is 9.78 Å². The predicted molar refractivity (Wildman–Crippen MR) is 66.3 cm³/mol. The average Bonchev–Trinajstić information content (AvgIpc) is 2.41. The fourth-order valence-electron chi connectivity index (χ4n) is 1.56. The van der Waals surface area contributed by atoms with Gasteiger partial charge in [0, 0.05) is 24.9 Å². The molecule has 0 aromatic carbocycles. The molecule has 2 heterocycles. The van der Waals surface area contributed by atoms with Gasteiger partial charge in [0.25, 0.3) is 0 Å². The van der Waals surface area contributed by atoms with Crippen LogP contribution in [0.5, 0.6) is 0 Å². The first-order chi connectivity index (χ1) is 8.61. The van der Waals surface area contributed by atoms with Gasteiger partial charge in [-0.1, -0.05) is 6.07 Å². The second kappa shape index (κ2) is 4.83. The van der Waals surface area contributed by atoms with Gasteiger partial charge in [-0.05, 0) is 18.2 Å². The van der Waals surface area contributed by atoms with Crippen LogP contribution in [0, 0.1) is 0 Å². The van der Waals surface area contributed by atoms with Crippen LogP contribution in [0.4, 0.5) is 0 Å². The molecule has 0 aliphatic heterocycles. The molecule has 2 aromatic heterocycles. The maximum atomic E-state index is 11.4. The highest BCUT2D eigenvalue weighted by molar-refractivity contribution is 5.87. The number of hydrogen-bond donors (Lipinski definition) is 0. The lowest BCUT2D eigenvalue weighted by Crippen LogP contribution is -2.14. The van der Waals surface area contributed by atoms with Crippen molar-refractivity contribution in [1.82, 2.24) is 9.55 Å². The molecular weight excluding hydrogens is 232 g/mol. The molecule has 5 heteroatoms. The monoisotopic (exact) mass is 244 g/mol. The largest absolute Gasteiger partial charge is 0.464 e. The predicted octanol–water partition coefficient (Wildman–Crippen LogP) is 1.23. The summed E-state index contributed by atoms with van der Waals surface area (Å²) in [5, 5.41) is 0. The van der Waals surface area contributed by atoms with E-state index in [9.17, 15) is 9.59 Å². The molecule has 2 rings (SSSR count). The first-order valence-corrected chi connectivity index (χ1v) is 5.34. The van der Waals surface area contributed by atoms with Crippen molar-refractivity contribution in [3.8, 4) is 11.3 Å².